The van der Waals surface area contributed by atoms with E-state index in [9.17, 15) is 8.42 Å². The first-order valence-corrected chi connectivity index (χ1v) is 8.67. The van der Waals surface area contributed by atoms with Gasteiger partial charge in [-0.3, -0.25) is 0 Å². The van der Waals surface area contributed by atoms with E-state index in [1.165, 1.54) is 18.6 Å². The normalized spacial score (nSPS) is 29.9. The zero-order valence-corrected chi connectivity index (χ0v) is 12.6. The lowest BCUT2D eigenvalue weighted by Gasteiger charge is -2.23. The summed E-state index contributed by atoms with van der Waals surface area (Å²) < 4.78 is 27.6. The fourth-order valence-electron chi connectivity index (χ4n) is 3.33. The molecule has 1 N–H and O–H groups in total. The number of fused-ring (bicyclic) bond motifs is 2. The highest BCUT2D eigenvalue weighted by Crippen LogP contribution is 2.45. The van der Waals surface area contributed by atoms with Gasteiger partial charge in [-0.05, 0) is 49.3 Å². The molecule has 3 unspecified atom stereocenters. The van der Waals surface area contributed by atoms with Crippen molar-refractivity contribution in [1.29, 1.82) is 0 Å². The molecule has 0 aromatic heterocycles. The number of hydrogen-bond acceptors (Lipinski definition) is 2. The van der Waals surface area contributed by atoms with E-state index in [0.29, 0.717) is 16.9 Å². The molecule has 3 atom stereocenters. The molecule has 1 aromatic carbocycles. The van der Waals surface area contributed by atoms with Crippen LogP contribution in [0.25, 0.3) is 0 Å². The molecular weight excluding hydrogens is 305 g/mol. The molecular formula is C13H15Cl2NO2S. The van der Waals surface area contributed by atoms with Crippen LogP contribution >= 0.6 is 23.2 Å². The second kappa shape index (κ2) is 4.92. The second-order valence-corrected chi connectivity index (χ2v) is 8.00. The van der Waals surface area contributed by atoms with Gasteiger partial charge < -0.3 is 0 Å². The zero-order valence-electron chi connectivity index (χ0n) is 10.3. The summed E-state index contributed by atoms with van der Waals surface area (Å²) in [5, 5.41) is 0.581. The molecule has 3 rings (SSSR count). The van der Waals surface area contributed by atoms with E-state index in [1.54, 1.807) is 6.07 Å². The van der Waals surface area contributed by atoms with Gasteiger partial charge in [-0.2, -0.15) is 0 Å². The molecule has 0 heterocycles. The molecule has 1 aromatic rings. The van der Waals surface area contributed by atoms with Crippen LogP contribution in [0.2, 0.25) is 10.0 Å². The van der Waals surface area contributed by atoms with E-state index in [4.69, 9.17) is 23.2 Å². The Morgan fingerprint density at radius 3 is 2.58 bits per heavy atom. The molecule has 3 nitrogen and oxygen atoms in total. The third-order valence-corrected chi connectivity index (χ3v) is 6.43. The van der Waals surface area contributed by atoms with Crippen molar-refractivity contribution in [2.24, 2.45) is 11.8 Å². The van der Waals surface area contributed by atoms with Crippen molar-refractivity contribution in [2.45, 2.75) is 36.6 Å². The maximum Gasteiger partial charge on any atom is 0.242 e. The van der Waals surface area contributed by atoms with Crippen molar-refractivity contribution in [3.05, 3.63) is 28.2 Å². The smallest absolute Gasteiger partial charge is 0.208 e. The summed E-state index contributed by atoms with van der Waals surface area (Å²) in [7, 11) is -3.59. The van der Waals surface area contributed by atoms with Crippen molar-refractivity contribution in [3.8, 4) is 0 Å². The van der Waals surface area contributed by atoms with E-state index >= 15 is 0 Å². The minimum atomic E-state index is -3.59. The molecule has 2 aliphatic carbocycles. The Kier molecular flexibility index (Phi) is 3.54. The van der Waals surface area contributed by atoms with Gasteiger partial charge in [0.2, 0.25) is 10.0 Å². The topological polar surface area (TPSA) is 46.2 Å². The number of sulfonamides is 1. The average Bonchev–Trinajstić information content (AvgIpc) is 2.93. The van der Waals surface area contributed by atoms with Gasteiger partial charge in [-0.15, -0.1) is 0 Å². The first-order valence-electron chi connectivity index (χ1n) is 6.43. The van der Waals surface area contributed by atoms with Crippen molar-refractivity contribution in [1.82, 2.24) is 4.72 Å². The monoisotopic (exact) mass is 319 g/mol. The van der Waals surface area contributed by atoms with Gasteiger partial charge in [-0.1, -0.05) is 29.6 Å². The highest BCUT2D eigenvalue weighted by atomic mass is 35.5. The molecule has 2 saturated carbocycles. The van der Waals surface area contributed by atoms with E-state index in [0.717, 1.165) is 19.3 Å². The summed E-state index contributed by atoms with van der Waals surface area (Å²) in [6.45, 7) is 0. The fourth-order valence-corrected chi connectivity index (χ4v) is 5.42. The highest BCUT2D eigenvalue weighted by Gasteiger charge is 2.41. The van der Waals surface area contributed by atoms with Crippen LogP contribution in [0.1, 0.15) is 25.7 Å². The first-order chi connectivity index (χ1) is 8.95. The maximum atomic E-state index is 12.4. The summed E-state index contributed by atoms with van der Waals surface area (Å²) in [5.41, 5.74) is 0. The van der Waals surface area contributed by atoms with Crippen molar-refractivity contribution in [2.75, 3.05) is 0 Å². The average molecular weight is 320 g/mol. The minimum Gasteiger partial charge on any atom is -0.208 e. The van der Waals surface area contributed by atoms with Crippen molar-refractivity contribution >= 4 is 33.2 Å². The number of nitrogens with one attached hydrogen (secondary N) is 1. The third kappa shape index (κ3) is 2.64. The zero-order chi connectivity index (χ0) is 13.6. The Hall–Kier alpha value is -0.290. The van der Waals surface area contributed by atoms with Crippen molar-refractivity contribution in [3.63, 3.8) is 0 Å². The van der Waals surface area contributed by atoms with Gasteiger partial charge in [0.25, 0.3) is 0 Å². The molecule has 0 aliphatic heterocycles. The Morgan fingerprint density at radius 2 is 1.95 bits per heavy atom. The summed E-state index contributed by atoms with van der Waals surface area (Å²) in [4.78, 5) is 0.0736. The molecule has 0 radical (unpaired) electrons. The molecule has 0 amide bonds. The first kappa shape index (κ1) is 13.7. The van der Waals surface area contributed by atoms with Crippen LogP contribution in [-0.4, -0.2) is 14.5 Å². The van der Waals surface area contributed by atoms with Crippen LogP contribution in [0.4, 0.5) is 0 Å². The van der Waals surface area contributed by atoms with E-state index in [2.05, 4.69) is 4.72 Å². The molecule has 6 heteroatoms. The van der Waals surface area contributed by atoms with Crippen LogP contribution in [0.5, 0.6) is 0 Å². The molecule has 2 aliphatic rings. The molecule has 0 saturated heterocycles. The van der Waals surface area contributed by atoms with Crippen LogP contribution in [0.15, 0.2) is 23.1 Å². The Labute approximate surface area is 123 Å². The number of halogens is 2. The lowest BCUT2D eigenvalue weighted by Crippen LogP contribution is -2.38. The molecule has 0 spiro atoms. The third-order valence-electron chi connectivity index (χ3n) is 4.23. The largest absolute Gasteiger partial charge is 0.242 e. The SMILES string of the molecule is O=S(=O)(NC1CC2CCC1C2)c1cc(Cl)ccc1Cl. The van der Waals surface area contributed by atoms with Crippen LogP contribution in [0, 0.1) is 11.8 Å². The summed E-state index contributed by atoms with van der Waals surface area (Å²) in [6, 6.07) is 4.55. The fraction of sp³-hybridized carbons (Fsp3) is 0.538. The maximum absolute atomic E-state index is 12.4. The molecule has 2 bridgehead atoms. The quantitative estimate of drug-likeness (QED) is 0.927. The van der Waals surface area contributed by atoms with Crippen LogP contribution in [0.3, 0.4) is 0 Å². The standard InChI is InChI=1S/C13H15Cl2NO2S/c14-10-3-4-11(15)13(7-10)19(17,18)16-12-6-8-1-2-9(12)5-8/h3-4,7-9,12,16H,1-2,5-6H2. The summed E-state index contributed by atoms with van der Waals surface area (Å²) in [6.07, 6.45) is 4.46. The second-order valence-electron chi connectivity index (χ2n) is 5.48. The van der Waals surface area contributed by atoms with Gasteiger partial charge in [0.15, 0.2) is 0 Å². The van der Waals surface area contributed by atoms with E-state index in [1.807, 2.05) is 0 Å². The van der Waals surface area contributed by atoms with Crippen molar-refractivity contribution < 1.29 is 8.42 Å². The van der Waals surface area contributed by atoms with E-state index < -0.39 is 10.0 Å². The van der Waals surface area contributed by atoms with E-state index in [-0.39, 0.29) is 16.0 Å². The lowest BCUT2D eigenvalue weighted by molar-refractivity contribution is 0.390. The predicted octanol–water partition coefficient (Wildman–Crippen LogP) is 3.46. The van der Waals surface area contributed by atoms with Gasteiger partial charge >= 0.3 is 0 Å². The van der Waals surface area contributed by atoms with Gasteiger partial charge in [0.05, 0.1) is 5.02 Å². The van der Waals surface area contributed by atoms with Gasteiger partial charge in [-0.25, -0.2) is 13.1 Å². The Morgan fingerprint density at radius 1 is 1.16 bits per heavy atom. The predicted molar refractivity (Wildman–Crippen MR) is 76.0 cm³/mol. The molecule has 19 heavy (non-hydrogen) atoms. The molecule has 104 valence electrons. The Bertz CT molecular complexity index is 603. The van der Waals surface area contributed by atoms with Gasteiger partial charge in [0.1, 0.15) is 4.90 Å². The lowest BCUT2D eigenvalue weighted by atomic mass is 9.96. The summed E-state index contributed by atoms with van der Waals surface area (Å²) >= 11 is 11.8. The van der Waals surface area contributed by atoms with Gasteiger partial charge in [0, 0.05) is 11.1 Å². The highest BCUT2D eigenvalue weighted by molar-refractivity contribution is 7.89. The van der Waals surface area contributed by atoms with Crippen LogP contribution < -0.4 is 4.72 Å². The number of benzene rings is 1. The Balaban J connectivity index is 1.85. The molecule has 2 fully saturated rings. The minimum absolute atomic E-state index is 0.0544. The number of hydrogen-bond donors (Lipinski definition) is 1. The summed E-state index contributed by atoms with van der Waals surface area (Å²) in [5.74, 6) is 1.17. The van der Waals surface area contributed by atoms with Crippen LogP contribution in [-0.2, 0) is 10.0 Å². The number of rotatable bonds is 3.